The van der Waals surface area contributed by atoms with Gasteiger partial charge in [-0.15, -0.1) is 0 Å². The normalized spacial score (nSPS) is 11.1. The number of aryl methyl sites for hydroxylation is 2. The summed E-state index contributed by atoms with van der Waals surface area (Å²) in [5, 5.41) is 1.08. The summed E-state index contributed by atoms with van der Waals surface area (Å²) < 4.78 is 20.4. The third-order valence-electron chi connectivity index (χ3n) is 5.24. The minimum absolute atomic E-state index is 0.146. The number of pyridine rings is 1. The van der Waals surface area contributed by atoms with Crippen molar-refractivity contribution in [2.75, 3.05) is 6.61 Å². The number of ether oxygens (including phenoxy) is 1. The van der Waals surface area contributed by atoms with Crippen molar-refractivity contribution in [1.29, 1.82) is 0 Å². The maximum absolute atomic E-state index is 14.3. The van der Waals surface area contributed by atoms with E-state index in [9.17, 15) is 4.39 Å². The van der Waals surface area contributed by atoms with E-state index in [4.69, 9.17) is 4.74 Å². The summed E-state index contributed by atoms with van der Waals surface area (Å²) in [5.41, 5.74) is 4.84. The Hall–Kier alpha value is -2.42. The minimum Gasteiger partial charge on any atom is -0.493 e. The first kappa shape index (κ1) is 20.3. The van der Waals surface area contributed by atoms with E-state index >= 15 is 0 Å². The van der Waals surface area contributed by atoms with E-state index in [1.807, 2.05) is 31.2 Å². The Labute approximate surface area is 167 Å². The van der Waals surface area contributed by atoms with Crippen LogP contribution in [0.2, 0.25) is 0 Å². The number of rotatable bonds is 9. The Kier molecular flexibility index (Phi) is 7.02. The van der Waals surface area contributed by atoms with Crippen LogP contribution in [-0.2, 0) is 12.8 Å². The van der Waals surface area contributed by atoms with E-state index in [-0.39, 0.29) is 5.82 Å². The van der Waals surface area contributed by atoms with Crippen LogP contribution in [0.25, 0.3) is 10.9 Å². The molecule has 148 valence electrons. The predicted octanol–water partition coefficient (Wildman–Crippen LogP) is 6.79. The molecule has 28 heavy (non-hydrogen) atoms. The second-order valence-corrected chi connectivity index (χ2v) is 7.48. The van der Waals surface area contributed by atoms with Gasteiger partial charge in [-0.25, -0.2) is 4.39 Å². The maximum Gasteiger partial charge on any atom is 0.126 e. The van der Waals surface area contributed by atoms with Crippen LogP contribution in [0.1, 0.15) is 61.8 Å². The van der Waals surface area contributed by atoms with E-state index in [0.717, 1.165) is 47.2 Å². The molecule has 0 spiro atoms. The Morgan fingerprint density at radius 2 is 1.79 bits per heavy atom. The van der Waals surface area contributed by atoms with Crippen LogP contribution in [0, 0.1) is 12.7 Å². The average molecular weight is 380 g/mol. The first-order chi connectivity index (χ1) is 13.6. The molecule has 0 aliphatic carbocycles. The van der Waals surface area contributed by atoms with Crippen LogP contribution in [-0.4, -0.2) is 11.6 Å². The molecule has 0 saturated carbocycles. The lowest BCUT2D eigenvalue weighted by Gasteiger charge is -2.14. The zero-order valence-electron chi connectivity index (χ0n) is 17.2. The van der Waals surface area contributed by atoms with Crippen molar-refractivity contribution in [3.05, 3.63) is 70.7 Å². The molecule has 3 aromatic rings. The van der Waals surface area contributed by atoms with Gasteiger partial charge >= 0.3 is 0 Å². The monoisotopic (exact) mass is 379 g/mol. The maximum atomic E-state index is 14.3. The molecule has 0 N–H and O–H groups in total. The number of nitrogens with zero attached hydrogens (tertiary/aromatic N) is 1. The zero-order valence-corrected chi connectivity index (χ0v) is 17.2. The van der Waals surface area contributed by atoms with Gasteiger partial charge in [-0.1, -0.05) is 45.2 Å². The van der Waals surface area contributed by atoms with Gasteiger partial charge in [-0.05, 0) is 60.2 Å². The lowest BCUT2D eigenvalue weighted by atomic mass is 9.98. The van der Waals surface area contributed by atoms with Crippen LogP contribution in [0.15, 0.2) is 42.6 Å². The number of aromatic nitrogens is 1. The summed E-state index contributed by atoms with van der Waals surface area (Å²) in [7, 11) is 0. The van der Waals surface area contributed by atoms with Crippen LogP contribution in [0.4, 0.5) is 4.39 Å². The summed E-state index contributed by atoms with van der Waals surface area (Å²) in [4.78, 5) is 4.54. The molecule has 0 fully saturated rings. The molecule has 0 bridgehead atoms. The number of benzene rings is 2. The molecule has 2 aromatic carbocycles. The minimum atomic E-state index is -0.146. The number of fused-ring (bicyclic) bond motifs is 1. The Morgan fingerprint density at radius 3 is 2.54 bits per heavy atom. The van der Waals surface area contributed by atoms with E-state index in [2.05, 4.69) is 24.9 Å². The lowest BCUT2D eigenvalue weighted by molar-refractivity contribution is 0.302. The van der Waals surface area contributed by atoms with E-state index < -0.39 is 0 Å². The van der Waals surface area contributed by atoms with Crippen molar-refractivity contribution >= 4 is 10.9 Å². The van der Waals surface area contributed by atoms with Gasteiger partial charge in [0.2, 0.25) is 0 Å². The number of unbranched alkanes of at least 4 members (excludes halogenated alkanes) is 3. The van der Waals surface area contributed by atoms with Crippen LogP contribution >= 0.6 is 0 Å². The Morgan fingerprint density at radius 1 is 0.929 bits per heavy atom. The number of hydrogen-bond donors (Lipinski definition) is 0. The molecule has 1 heterocycles. The van der Waals surface area contributed by atoms with Gasteiger partial charge in [0, 0.05) is 24.1 Å². The van der Waals surface area contributed by atoms with Crippen LogP contribution in [0.5, 0.6) is 5.75 Å². The first-order valence-corrected chi connectivity index (χ1v) is 10.4. The topological polar surface area (TPSA) is 22.1 Å². The van der Waals surface area contributed by atoms with Crippen molar-refractivity contribution in [2.24, 2.45) is 0 Å². The molecule has 2 nitrogen and oxygen atoms in total. The highest BCUT2D eigenvalue weighted by Crippen LogP contribution is 2.29. The van der Waals surface area contributed by atoms with Gasteiger partial charge in [0.25, 0.3) is 0 Å². The molecule has 3 rings (SSSR count). The fraction of sp³-hybridized carbons (Fsp3) is 0.400. The van der Waals surface area contributed by atoms with Gasteiger partial charge in [-0.2, -0.15) is 0 Å². The second kappa shape index (κ2) is 9.68. The average Bonchev–Trinajstić information content (AvgIpc) is 2.69. The molecule has 3 heteroatoms. The van der Waals surface area contributed by atoms with Crippen molar-refractivity contribution in [3.63, 3.8) is 0 Å². The van der Waals surface area contributed by atoms with E-state index in [1.165, 1.54) is 24.8 Å². The second-order valence-electron chi connectivity index (χ2n) is 7.48. The van der Waals surface area contributed by atoms with Crippen molar-refractivity contribution in [3.8, 4) is 5.75 Å². The van der Waals surface area contributed by atoms with Gasteiger partial charge in [-0.3, -0.25) is 4.98 Å². The largest absolute Gasteiger partial charge is 0.493 e. The molecule has 0 unspecified atom stereocenters. The first-order valence-electron chi connectivity index (χ1n) is 10.4. The van der Waals surface area contributed by atoms with Gasteiger partial charge in [0.05, 0.1) is 12.1 Å². The highest BCUT2D eigenvalue weighted by Gasteiger charge is 2.11. The molecule has 0 radical (unpaired) electrons. The third-order valence-corrected chi connectivity index (χ3v) is 5.24. The lowest BCUT2D eigenvalue weighted by Crippen LogP contribution is -2.01. The smallest absolute Gasteiger partial charge is 0.126 e. The Balaban J connectivity index is 1.87. The van der Waals surface area contributed by atoms with Crippen LogP contribution in [0.3, 0.4) is 0 Å². The summed E-state index contributed by atoms with van der Waals surface area (Å²) in [6.45, 7) is 7.00. The molecule has 0 aliphatic rings. The fourth-order valence-corrected chi connectivity index (χ4v) is 3.55. The van der Waals surface area contributed by atoms with Crippen molar-refractivity contribution in [2.45, 2.75) is 59.3 Å². The summed E-state index contributed by atoms with van der Waals surface area (Å²) >= 11 is 0. The molecule has 0 saturated heterocycles. The summed E-state index contributed by atoms with van der Waals surface area (Å²) in [6, 6.07) is 11.6. The quantitative estimate of drug-likeness (QED) is 0.382. The highest BCUT2D eigenvalue weighted by atomic mass is 19.1. The number of hydrogen-bond acceptors (Lipinski definition) is 2. The van der Waals surface area contributed by atoms with Crippen molar-refractivity contribution in [1.82, 2.24) is 4.98 Å². The molecule has 1 aromatic heterocycles. The van der Waals surface area contributed by atoms with Gasteiger partial charge in [0.1, 0.15) is 11.6 Å². The fourth-order valence-electron chi connectivity index (χ4n) is 3.55. The standard InChI is InChI=1S/C25H30FNO/c1-4-6-7-8-13-28-25-17-24-22(16-19(25)5-2)20(11-12-27-24)15-21-10-9-18(3)14-23(21)26/h9-12,14,16-17H,4-8,13,15H2,1-3H3. The zero-order chi connectivity index (χ0) is 19.9. The summed E-state index contributed by atoms with van der Waals surface area (Å²) in [5.74, 6) is 0.783. The molecule has 0 aliphatic heterocycles. The van der Waals surface area contributed by atoms with Gasteiger partial charge in [0.15, 0.2) is 0 Å². The summed E-state index contributed by atoms with van der Waals surface area (Å²) in [6.07, 6.45) is 8.03. The van der Waals surface area contributed by atoms with Crippen LogP contribution < -0.4 is 4.74 Å². The Bertz CT molecular complexity index is 935. The predicted molar refractivity (Wildman–Crippen MR) is 115 cm³/mol. The molecular weight excluding hydrogens is 349 g/mol. The third kappa shape index (κ3) is 4.89. The molecule has 0 atom stereocenters. The van der Waals surface area contributed by atoms with Gasteiger partial charge < -0.3 is 4.74 Å². The van der Waals surface area contributed by atoms with Crippen molar-refractivity contribution < 1.29 is 9.13 Å². The molecule has 0 amide bonds. The SMILES string of the molecule is CCCCCCOc1cc2nccc(Cc3ccc(C)cc3F)c2cc1CC. The highest BCUT2D eigenvalue weighted by molar-refractivity contribution is 5.85. The molecular formula is C25H30FNO. The number of halogens is 1. The van der Waals surface area contributed by atoms with E-state index in [1.54, 1.807) is 12.3 Å². The van der Waals surface area contributed by atoms with E-state index in [0.29, 0.717) is 12.0 Å².